The third kappa shape index (κ3) is 3.71. The molecule has 1 aromatic heterocycles. The van der Waals surface area contributed by atoms with Gasteiger partial charge < -0.3 is 5.11 Å². The quantitative estimate of drug-likeness (QED) is 0.756. The van der Waals surface area contributed by atoms with Gasteiger partial charge in [0.2, 0.25) is 0 Å². The summed E-state index contributed by atoms with van der Waals surface area (Å²) in [7, 11) is 0. The van der Waals surface area contributed by atoms with Crippen molar-refractivity contribution in [3.8, 4) is 0 Å². The molecule has 0 bridgehead atoms. The number of rotatable bonds is 3. The van der Waals surface area contributed by atoms with Gasteiger partial charge in [-0.05, 0) is 18.2 Å². The van der Waals surface area contributed by atoms with E-state index in [9.17, 15) is 4.79 Å². The van der Waals surface area contributed by atoms with Crippen LogP contribution in [0.4, 0.5) is 0 Å². The monoisotopic (exact) mass is 197 g/mol. The highest BCUT2D eigenvalue weighted by molar-refractivity contribution is 6.29. The first-order valence-electron chi connectivity index (χ1n) is 3.69. The highest BCUT2D eigenvalue weighted by atomic mass is 35.5. The lowest BCUT2D eigenvalue weighted by Gasteiger charge is -1.92. The second-order valence-corrected chi connectivity index (χ2v) is 2.77. The molecule has 0 atom stereocenters. The number of aliphatic carboxylic acids is 1. The van der Waals surface area contributed by atoms with Gasteiger partial charge in [-0.25, -0.2) is 4.98 Å². The summed E-state index contributed by atoms with van der Waals surface area (Å²) >= 11 is 5.62. The molecule has 3 nitrogen and oxygen atoms in total. The Morgan fingerprint density at radius 2 is 2.38 bits per heavy atom. The van der Waals surface area contributed by atoms with Crippen molar-refractivity contribution >= 4 is 23.6 Å². The van der Waals surface area contributed by atoms with E-state index < -0.39 is 5.97 Å². The Hall–Kier alpha value is -1.35. The van der Waals surface area contributed by atoms with Crippen LogP contribution in [0.15, 0.2) is 24.3 Å². The summed E-state index contributed by atoms with van der Waals surface area (Å²) in [4.78, 5) is 14.1. The first kappa shape index (κ1) is 9.74. The van der Waals surface area contributed by atoms with Gasteiger partial charge in [-0.15, -0.1) is 0 Å². The van der Waals surface area contributed by atoms with Crippen molar-refractivity contribution in [1.82, 2.24) is 4.98 Å². The van der Waals surface area contributed by atoms with Gasteiger partial charge in [0, 0.05) is 0 Å². The molecule has 13 heavy (non-hydrogen) atoms. The fourth-order valence-corrected chi connectivity index (χ4v) is 0.968. The van der Waals surface area contributed by atoms with Crippen LogP contribution in [0.1, 0.15) is 12.1 Å². The number of carboxylic acids is 1. The maximum absolute atomic E-state index is 10.2. The van der Waals surface area contributed by atoms with E-state index in [4.69, 9.17) is 16.7 Å². The third-order valence-electron chi connectivity index (χ3n) is 1.32. The Balaban J connectivity index is 2.63. The van der Waals surface area contributed by atoms with Crippen LogP contribution >= 0.6 is 11.6 Å². The molecular weight excluding hydrogens is 190 g/mol. The zero-order valence-corrected chi connectivity index (χ0v) is 7.53. The summed E-state index contributed by atoms with van der Waals surface area (Å²) in [6.07, 6.45) is 3.15. The molecule has 4 heteroatoms. The first-order valence-corrected chi connectivity index (χ1v) is 4.07. The number of halogens is 1. The molecule has 0 fully saturated rings. The lowest BCUT2D eigenvalue weighted by atomic mass is 10.3. The zero-order valence-electron chi connectivity index (χ0n) is 6.77. The minimum absolute atomic E-state index is 0.00576. The van der Waals surface area contributed by atoms with Crippen LogP contribution in [0.25, 0.3) is 6.08 Å². The maximum Gasteiger partial charge on any atom is 0.307 e. The molecule has 1 aromatic rings. The number of nitrogens with zero attached hydrogens (tertiary/aromatic N) is 1. The van der Waals surface area contributed by atoms with E-state index in [-0.39, 0.29) is 6.42 Å². The highest BCUT2D eigenvalue weighted by Crippen LogP contribution is 2.06. The Morgan fingerprint density at radius 1 is 1.62 bits per heavy atom. The largest absolute Gasteiger partial charge is 0.481 e. The fraction of sp³-hybridized carbons (Fsp3) is 0.111. The fourth-order valence-electron chi connectivity index (χ4n) is 0.797. The van der Waals surface area contributed by atoms with Crippen LogP contribution in [0.5, 0.6) is 0 Å². The van der Waals surface area contributed by atoms with Crippen LogP contribution in [0.3, 0.4) is 0 Å². The van der Waals surface area contributed by atoms with Crippen molar-refractivity contribution in [2.24, 2.45) is 0 Å². The van der Waals surface area contributed by atoms with Gasteiger partial charge in [-0.1, -0.05) is 23.7 Å². The van der Waals surface area contributed by atoms with Gasteiger partial charge in [0.1, 0.15) is 5.15 Å². The van der Waals surface area contributed by atoms with Gasteiger partial charge >= 0.3 is 5.97 Å². The SMILES string of the molecule is O=C(O)CC=Cc1cccc(Cl)n1. The summed E-state index contributed by atoms with van der Waals surface area (Å²) in [6.45, 7) is 0. The minimum atomic E-state index is -0.863. The summed E-state index contributed by atoms with van der Waals surface area (Å²) in [5.74, 6) is -0.863. The lowest BCUT2D eigenvalue weighted by molar-refractivity contribution is -0.135. The van der Waals surface area contributed by atoms with Crippen molar-refractivity contribution in [3.63, 3.8) is 0 Å². The van der Waals surface area contributed by atoms with E-state index in [1.165, 1.54) is 6.08 Å². The highest BCUT2D eigenvalue weighted by Gasteiger charge is 1.92. The van der Waals surface area contributed by atoms with Crippen LogP contribution < -0.4 is 0 Å². The Morgan fingerprint density at radius 3 is 3.00 bits per heavy atom. The summed E-state index contributed by atoms with van der Waals surface area (Å²) < 4.78 is 0. The molecule has 0 aliphatic rings. The molecule has 0 amide bonds. The molecule has 0 unspecified atom stereocenters. The minimum Gasteiger partial charge on any atom is -0.481 e. The predicted octanol–water partition coefficient (Wildman–Crippen LogP) is 2.22. The number of carboxylic acid groups (broad SMARTS) is 1. The van der Waals surface area contributed by atoms with E-state index in [2.05, 4.69) is 4.98 Å². The Labute approximate surface area is 80.7 Å². The van der Waals surface area contributed by atoms with Crippen molar-refractivity contribution in [2.75, 3.05) is 0 Å². The topological polar surface area (TPSA) is 50.2 Å². The number of aromatic nitrogens is 1. The van der Waals surface area contributed by atoms with Crippen LogP contribution in [-0.2, 0) is 4.79 Å². The van der Waals surface area contributed by atoms with Gasteiger partial charge in [0.05, 0.1) is 12.1 Å². The number of hydrogen-bond donors (Lipinski definition) is 1. The second kappa shape index (κ2) is 4.62. The van der Waals surface area contributed by atoms with Crippen LogP contribution in [0.2, 0.25) is 5.15 Å². The van der Waals surface area contributed by atoms with E-state index >= 15 is 0 Å². The molecule has 1 rings (SSSR count). The average molecular weight is 198 g/mol. The molecule has 68 valence electrons. The molecule has 0 saturated heterocycles. The Bertz CT molecular complexity index is 336. The molecule has 0 aliphatic carbocycles. The van der Waals surface area contributed by atoms with Gasteiger partial charge in [0.15, 0.2) is 0 Å². The normalized spacial score (nSPS) is 10.5. The molecule has 0 radical (unpaired) electrons. The third-order valence-corrected chi connectivity index (χ3v) is 1.53. The van der Waals surface area contributed by atoms with Gasteiger partial charge in [-0.3, -0.25) is 4.79 Å². The average Bonchev–Trinajstić information content (AvgIpc) is 2.03. The molecule has 1 heterocycles. The van der Waals surface area contributed by atoms with Crippen molar-refractivity contribution < 1.29 is 9.90 Å². The summed E-state index contributed by atoms with van der Waals surface area (Å²) in [5, 5.41) is 8.75. The maximum atomic E-state index is 10.2. The van der Waals surface area contributed by atoms with E-state index in [0.29, 0.717) is 10.8 Å². The van der Waals surface area contributed by atoms with Crippen LogP contribution in [-0.4, -0.2) is 16.1 Å². The number of carbonyl (C=O) groups is 1. The molecule has 1 N–H and O–H groups in total. The van der Waals surface area contributed by atoms with E-state index in [0.717, 1.165) is 0 Å². The molecule has 0 spiro atoms. The summed E-state index contributed by atoms with van der Waals surface area (Å²) in [5.41, 5.74) is 0.661. The van der Waals surface area contributed by atoms with Crippen molar-refractivity contribution in [1.29, 1.82) is 0 Å². The predicted molar refractivity (Wildman–Crippen MR) is 50.5 cm³/mol. The summed E-state index contributed by atoms with van der Waals surface area (Å²) in [6, 6.07) is 5.18. The van der Waals surface area contributed by atoms with Crippen molar-refractivity contribution in [3.05, 3.63) is 35.1 Å². The van der Waals surface area contributed by atoms with Crippen LogP contribution in [0, 0.1) is 0 Å². The Kier molecular flexibility index (Phi) is 3.46. The van der Waals surface area contributed by atoms with Crippen molar-refractivity contribution in [2.45, 2.75) is 6.42 Å². The standard InChI is InChI=1S/C9H8ClNO2/c10-8-5-1-3-7(11-8)4-2-6-9(12)13/h1-5H,6H2,(H,12,13). The molecule has 0 aromatic carbocycles. The second-order valence-electron chi connectivity index (χ2n) is 2.39. The van der Waals surface area contributed by atoms with Gasteiger partial charge in [-0.2, -0.15) is 0 Å². The van der Waals surface area contributed by atoms with E-state index in [1.54, 1.807) is 24.3 Å². The van der Waals surface area contributed by atoms with E-state index in [1.807, 2.05) is 0 Å². The number of pyridine rings is 1. The zero-order chi connectivity index (χ0) is 9.68. The smallest absolute Gasteiger partial charge is 0.307 e. The number of hydrogen-bond acceptors (Lipinski definition) is 2. The molecule has 0 saturated carbocycles. The molecule has 0 aliphatic heterocycles. The lowest BCUT2D eigenvalue weighted by Crippen LogP contribution is -1.89. The first-order chi connectivity index (χ1) is 6.18. The molecular formula is C9H8ClNO2. The van der Waals surface area contributed by atoms with Gasteiger partial charge in [0.25, 0.3) is 0 Å².